The third kappa shape index (κ3) is 4.26. The Morgan fingerprint density at radius 1 is 1.38 bits per heavy atom. The lowest BCUT2D eigenvalue weighted by atomic mass is 10.1. The Balaban J connectivity index is 2.37. The summed E-state index contributed by atoms with van der Waals surface area (Å²) < 4.78 is 30.4. The second kappa shape index (κ2) is 6.87. The highest BCUT2D eigenvalue weighted by Crippen LogP contribution is 2.18. The molecule has 0 amide bonds. The largest absolute Gasteiger partial charge is 0.383 e. The summed E-state index contributed by atoms with van der Waals surface area (Å²) in [6.07, 6.45) is 0.447. The molecule has 0 unspecified atom stereocenters. The molecule has 0 aliphatic heterocycles. The predicted octanol–water partition coefficient (Wildman–Crippen LogP) is 2.21. The molecule has 0 aliphatic carbocycles. The molecule has 0 atom stereocenters. The van der Waals surface area contributed by atoms with E-state index in [1.54, 1.807) is 0 Å². The molecule has 114 valence electrons. The predicted molar refractivity (Wildman–Crippen MR) is 81.9 cm³/mol. The summed E-state index contributed by atoms with van der Waals surface area (Å²) in [4.78, 5) is 0. The van der Waals surface area contributed by atoms with Gasteiger partial charge in [-0.15, -0.1) is 10.2 Å². The highest BCUT2D eigenvalue weighted by atomic mass is 79.9. The summed E-state index contributed by atoms with van der Waals surface area (Å²) in [5.41, 5.74) is 0.981. The van der Waals surface area contributed by atoms with Crippen molar-refractivity contribution in [3.63, 3.8) is 0 Å². The molecule has 0 aliphatic rings. The van der Waals surface area contributed by atoms with E-state index in [9.17, 15) is 8.42 Å². The van der Waals surface area contributed by atoms with Gasteiger partial charge in [-0.1, -0.05) is 28.1 Å². The smallest absolute Gasteiger partial charge is 0.296 e. The number of nitrogens with zero attached hydrogens (tertiary/aromatic N) is 3. The van der Waals surface area contributed by atoms with Gasteiger partial charge < -0.3 is 4.74 Å². The Morgan fingerprint density at radius 3 is 2.76 bits per heavy atom. The van der Waals surface area contributed by atoms with Gasteiger partial charge >= 0.3 is 0 Å². The molecule has 1 heterocycles. The number of aromatic nitrogens is 3. The number of benzene rings is 1. The summed E-state index contributed by atoms with van der Waals surface area (Å²) in [6.45, 7) is 0.650. The van der Waals surface area contributed by atoms with Crippen LogP contribution in [-0.4, -0.2) is 36.9 Å². The maximum atomic E-state index is 11.5. The fourth-order valence-corrected chi connectivity index (χ4v) is 3.25. The fraction of sp³-hybridized carbons (Fsp3) is 0.333. The van der Waals surface area contributed by atoms with Crippen LogP contribution in [0.2, 0.25) is 0 Å². The van der Waals surface area contributed by atoms with Crippen LogP contribution in [0.5, 0.6) is 0 Å². The van der Waals surface area contributed by atoms with E-state index in [-0.39, 0.29) is 5.16 Å². The van der Waals surface area contributed by atoms with Crippen LogP contribution in [0.15, 0.2) is 33.9 Å². The van der Waals surface area contributed by atoms with E-state index < -0.39 is 9.05 Å². The van der Waals surface area contributed by atoms with Gasteiger partial charge in [-0.2, -0.15) is 0 Å². The van der Waals surface area contributed by atoms with Gasteiger partial charge in [0.05, 0.1) is 6.61 Å². The molecule has 0 fully saturated rings. The minimum Gasteiger partial charge on any atom is -0.383 e. The van der Waals surface area contributed by atoms with Crippen molar-refractivity contribution in [2.24, 2.45) is 0 Å². The summed E-state index contributed by atoms with van der Waals surface area (Å²) in [7, 11) is 2.97. The minimum atomic E-state index is -3.95. The first-order chi connectivity index (χ1) is 9.91. The molecule has 6 nitrogen and oxygen atoms in total. The van der Waals surface area contributed by atoms with Gasteiger partial charge in [0.1, 0.15) is 5.82 Å². The van der Waals surface area contributed by atoms with Crippen LogP contribution in [0.1, 0.15) is 11.4 Å². The summed E-state index contributed by atoms with van der Waals surface area (Å²) in [6, 6.07) is 7.67. The van der Waals surface area contributed by atoms with Crippen molar-refractivity contribution < 1.29 is 13.2 Å². The minimum absolute atomic E-state index is 0.258. The van der Waals surface area contributed by atoms with Crippen molar-refractivity contribution in [2.45, 2.75) is 18.1 Å². The second-order valence-corrected chi connectivity index (χ2v) is 7.66. The lowest BCUT2D eigenvalue weighted by Gasteiger charge is -2.08. The Kier molecular flexibility index (Phi) is 5.37. The van der Waals surface area contributed by atoms with Gasteiger partial charge in [-0.3, -0.25) is 4.57 Å². The molecule has 1 aromatic carbocycles. The normalized spacial score (nSPS) is 11.8. The number of hydrogen-bond donors (Lipinski definition) is 0. The van der Waals surface area contributed by atoms with Crippen LogP contribution in [0.3, 0.4) is 0 Å². The van der Waals surface area contributed by atoms with E-state index in [4.69, 9.17) is 15.4 Å². The molecule has 9 heteroatoms. The summed E-state index contributed by atoms with van der Waals surface area (Å²) >= 11 is 3.39. The first-order valence-electron chi connectivity index (χ1n) is 6.02. The molecule has 2 aromatic rings. The molecule has 1 aromatic heterocycles. The molecule has 0 radical (unpaired) electrons. The summed E-state index contributed by atoms with van der Waals surface area (Å²) in [5.74, 6) is 0.518. The standard InChI is InChI=1S/C12H13BrClN3O3S/c1-20-6-5-17-11(15-16-12(17)21(14,18)19)8-9-3-2-4-10(13)7-9/h2-4,7H,5-6,8H2,1H3. The van der Waals surface area contributed by atoms with Gasteiger partial charge in [-0.25, -0.2) is 8.42 Å². The van der Waals surface area contributed by atoms with E-state index in [2.05, 4.69) is 26.1 Å². The van der Waals surface area contributed by atoms with Crippen molar-refractivity contribution in [1.82, 2.24) is 14.8 Å². The Hall–Kier alpha value is -0.960. The lowest BCUT2D eigenvalue weighted by Crippen LogP contribution is -2.13. The molecule has 0 spiro atoms. The molecular weight excluding hydrogens is 382 g/mol. The van der Waals surface area contributed by atoms with E-state index in [1.165, 1.54) is 11.7 Å². The van der Waals surface area contributed by atoms with Crippen molar-refractivity contribution >= 4 is 35.7 Å². The number of ether oxygens (including phenoxy) is 1. The first-order valence-corrected chi connectivity index (χ1v) is 9.12. The summed E-state index contributed by atoms with van der Waals surface area (Å²) in [5, 5.41) is 7.37. The van der Waals surface area contributed by atoms with Gasteiger partial charge in [-0.05, 0) is 17.7 Å². The zero-order chi connectivity index (χ0) is 15.5. The van der Waals surface area contributed by atoms with Crippen molar-refractivity contribution in [1.29, 1.82) is 0 Å². The highest BCUT2D eigenvalue weighted by Gasteiger charge is 2.22. The monoisotopic (exact) mass is 393 g/mol. The van der Waals surface area contributed by atoms with Crippen molar-refractivity contribution in [3.8, 4) is 0 Å². The Labute approximate surface area is 135 Å². The second-order valence-electron chi connectivity index (χ2n) is 4.29. The maximum absolute atomic E-state index is 11.5. The third-order valence-corrected chi connectivity index (χ3v) is 4.43. The molecule has 0 N–H and O–H groups in total. The van der Waals surface area contributed by atoms with Gasteiger partial charge in [0.15, 0.2) is 0 Å². The van der Waals surface area contributed by atoms with E-state index in [0.29, 0.717) is 25.4 Å². The maximum Gasteiger partial charge on any atom is 0.296 e. The number of rotatable bonds is 6. The average Bonchev–Trinajstić information content (AvgIpc) is 2.79. The topological polar surface area (TPSA) is 74.1 Å². The Bertz CT molecular complexity index is 733. The van der Waals surface area contributed by atoms with Crippen LogP contribution in [-0.2, 0) is 26.8 Å². The molecular formula is C12H13BrClN3O3S. The van der Waals surface area contributed by atoms with Crippen LogP contribution in [0.25, 0.3) is 0 Å². The SMILES string of the molecule is COCCn1c(Cc2cccc(Br)c2)nnc1S(=O)(=O)Cl. The molecule has 0 saturated carbocycles. The van der Waals surface area contributed by atoms with Gasteiger partial charge in [0, 0.05) is 35.2 Å². The average molecular weight is 395 g/mol. The zero-order valence-corrected chi connectivity index (χ0v) is 14.3. The molecule has 0 bridgehead atoms. The van der Waals surface area contributed by atoms with E-state index in [0.717, 1.165) is 10.0 Å². The molecule has 2 rings (SSSR count). The van der Waals surface area contributed by atoms with E-state index in [1.807, 2.05) is 24.3 Å². The van der Waals surface area contributed by atoms with Crippen molar-refractivity contribution in [3.05, 3.63) is 40.1 Å². The third-order valence-electron chi connectivity index (χ3n) is 2.78. The quantitative estimate of drug-likeness (QED) is 0.702. The van der Waals surface area contributed by atoms with E-state index >= 15 is 0 Å². The number of hydrogen-bond acceptors (Lipinski definition) is 5. The Morgan fingerprint density at radius 2 is 2.14 bits per heavy atom. The van der Waals surface area contributed by atoms with Crippen molar-refractivity contribution in [2.75, 3.05) is 13.7 Å². The first kappa shape index (κ1) is 16.4. The number of methoxy groups -OCH3 is 1. The van der Waals surface area contributed by atoms with Crippen LogP contribution in [0, 0.1) is 0 Å². The fourth-order valence-electron chi connectivity index (χ4n) is 1.87. The zero-order valence-electron chi connectivity index (χ0n) is 11.2. The van der Waals surface area contributed by atoms with Crippen LogP contribution < -0.4 is 0 Å². The van der Waals surface area contributed by atoms with Crippen LogP contribution >= 0.6 is 26.6 Å². The highest BCUT2D eigenvalue weighted by molar-refractivity contribution is 9.10. The molecule has 21 heavy (non-hydrogen) atoms. The van der Waals surface area contributed by atoms with Gasteiger partial charge in [0.2, 0.25) is 0 Å². The lowest BCUT2D eigenvalue weighted by molar-refractivity contribution is 0.183. The van der Waals surface area contributed by atoms with Crippen LogP contribution in [0.4, 0.5) is 0 Å². The number of halogens is 2. The molecule has 0 saturated heterocycles. The van der Waals surface area contributed by atoms with Gasteiger partial charge in [0.25, 0.3) is 14.2 Å².